The van der Waals surface area contributed by atoms with Crippen LogP contribution in [0.3, 0.4) is 0 Å². The van der Waals surface area contributed by atoms with Crippen LogP contribution in [-0.2, 0) is 9.59 Å². The molecule has 0 aromatic rings. The maximum absolute atomic E-state index is 12.1. The first-order valence-electron chi connectivity index (χ1n) is 7.77. The molecule has 5 heteroatoms. The van der Waals surface area contributed by atoms with Crippen LogP contribution in [0.1, 0.15) is 58.3 Å². The summed E-state index contributed by atoms with van der Waals surface area (Å²) in [4.78, 5) is 23.7. The predicted octanol–water partition coefficient (Wildman–Crippen LogP) is 1.90. The molecule has 0 aromatic heterocycles. The van der Waals surface area contributed by atoms with Crippen LogP contribution in [0.25, 0.3) is 0 Å². The van der Waals surface area contributed by atoms with Gasteiger partial charge in [-0.05, 0) is 19.3 Å². The molecule has 1 saturated carbocycles. The summed E-state index contributed by atoms with van der Waals surface area (Å²) in [6, 6.07) is 0. The summed E-state index contributed by atoms with van der Waals surface area (Å²) in [5, 5.41) is 12.4. The highest BCUT2D eigenvalue weighted by Gasteiger charge is 2.39. The molecule has 1 aliphatic carbocycles. The van der Waals surface area contributed by atoms with E-state index < -0.39 is 11.4 Å². The molecule has 116 valence electrons. The van der Waals surface area contributed by atoms with Crippen molar-refractivity contribution < 1.29 is 14.7 Å². The van der Waals surface area contributed by atoms with Crippen LogP contribution < -0.4 is 11.1 Å². The van der Waals surface area contributed by atoms with Crippen LogP contribution in [0.5, 0.6) is 0 Å². The highest BCUT2D eigenvalue weighted by atomic mass is 16.4. The Morgan fingerprint density at radius 1 is 1.25 bits per heavy atom. The maximum Gasteiger partial charge on any atom is 0.311 e. The lowest BCUT2D eigenvalue weighted by Crippen LogP contribution is -2.45. The van der Waals surface area contributed by atoms with E-state index in [1.165, 1.54) is 0 Å². The second kappa shape index (κ2) is 8.25. The highest BCUT2D eigenvalue weighted by Crippen LogP contribution is 2.34. The Labute approximate surface area is 121 Å². The third-order valence-electron chi connectivity index (χ3n) is 4.41. The van der Waals surface area contributed by atoms with Crippen LogP contribution in [0.15, 0.2) is 0 Å². The molecular weight excluding hydrogens is 256 g/mol. The molecule has 0 aliphatic heterocycles. The Morgan fingerprint density at radius 3 is 2.30 bits per heavy atom. The number of aliphatic carboxylic acids is 1. The molecule has 0 radical (unpaired) electrons. The average Bonchev–Trinajstić information content (AvgIpc) is 2.68. The first-order chi connectivity index (χ1) is 9.55. The third kappa shape index (κ3) is 4.47. The van der Waals surface area contributed by atoms with E-state index in [1.54, 1.807) is 0 Å². The lowest BCUT2D eigenvalue weighted by molar-refractivity contribution is -0.150. The van der Waals surface area contributed by atoms with Gasteiger partial charge in [0.05, 0.1) is 11.3 Å². The van der Waals surface area contributed by atoms with E-state index in [9.17, 15) is 14.7 Å². The van der Waals surface area contributed by atoms with Gasteiger partial charge >= 0.3 is 5.97 Å². The minimum absolute atomic E-state index is 0.0979. The number of nitrogens with one attached hydrogen (secondary N) is 1. The number of carbonyl (C=O) groups excluding carboxylic acids is 1. The van der Waals surface area contributed by atoms with Crippen molar-refractivity contribution in [3.05, 3.63) is 0 Å². The van der Waals surface area contributed by atoms with Gasteiger partial charge in [0.15, 0.2) is 0 Å². The zero-order valence-electron chi connectivity index (χ0n) is 12.5. The Bertz CT molecular complexity index is 323. The summed E-state index contributed by atoms with van der Waals surface area (Å²) in [7, 11) is 0. The maximum atomic E-state index is 12.1. The number of hydrogen-bond donors (Lipinski definition) is 3. The van der Waals surface area contributed by atoms with E-state index in [0.29, 0.717) is 19.4 Å². The van der Waals surface area contributed by atoms with E-state index in [-0.39, 0.29) is 18.4 Å². The zero-order chi connectivity index (χ0) is 15.0. The molecule has 0 spiro atoms. The lowest BCUT2D eigenvalue weighted by atomic mass is 9.80. The molecule has 1 atom stereocenters. The van der Waals surface area contributed by atoms with Crippen molar-refractivity contribution in [2.45, 2.75) is 58.3 Å². The molecule has 1 aliphatic rings. The van der Waals surface area contributed by atoms with Crippen LogP contribution in [-0.4, -0.2) is 30.1 Å². The Kier molecular flexibility index (Phi) is 6.99. The second-order valence-electron chi connectivity index (χ2n) is 5.94. The van der Waals surface area contributed by atoms with E-state index in [0.717, 1.165) is 38.5 Å². The van der Waals surface area contributed by atoms with Crippen molar-refractivity contribution in [3.63, 3.8) is 0 Å². The summed E-state index contributed by atoms with van der Waals surface area (Å²) >= 11 is 0. The molecule has 0 bridgehead atoms. The molecule has 4 N–H and O–H groups in total. The number of hydrogen-bond acceptors (Lipinski definition) is 3. The third-order valence-corrected chi connectivity index (χ3v) is 4.41. The summed E-state index contributed by atoms with van der Waals surface area (Å²) in [6.07, 6.45) is 7.00. The molecule has 0 saturated heterocycles. The smallest absolute Gasteiger partial charge is 0.311 e. The fourth-order valence-corrected chi connectivity index (χ4v) is 2.98. The summed E-state index contributed by atoms with van der Waals surface area (Å²) in [5.41, 5.74) is 4.83. The Hall–Kier alpha value is -1.10. The summed E-state index contributed by atoms with van der Waals surface area (Å²) in [6.45, 7) is 2.57. The molecule has 1 rings (SSSR count). The molecule has 1 fully saturated rings. The van der Waals surface area contributed by atoms with Crippen molar-refractivity contribution in [3.8, 4) is 0 Å². The molecule has 0 aromatic carbocycles. The van der Waals surface area contributed by atoms with E-state index >= 15 is 0 Å². The van der Waals surface area contributed by atoms with Crippen molar-refractivity contribution in [2.75, 3.05) is 13.1 Å². The molecule has 1 unspecified atom stereocenters. The van der Waals surface area contributed by atoms with Gasteiger partial charge in [-0.2, -0.15) is 0 Å². The lowest BCUT2D eigenvalue weighted by Gasteiger charge is -2.29. The topological polar surface area (TPSA) is 92.4 Å². The first-order valence-corrected chi connectivity index (χ1v) is 7.77. The quantitative estimate of drug-likeness (QED) is 0.623. The zero-order valence-corrected chi connectivity index (χ0v) is 12.5. The van der Waals surface area contributed by atoms with E-state index in [4.69, 9.17) is 5.73 Å². The van der Waals surface area contributed by atoms with E-state index in [2.05, 4.69) is 5.32 Å². The molecule has 1 amide bonds. The minimum Gasteiger partial charge on any atom is -0.481 e. The molecule has 0 heterocycles. The number of amides is 1. The Balaban J connectivity index is 2.62. The van der Waals surface area contributed by atoms with Gasteiger partial charge < -0.3 is 16.2 Å². The van der Waals surface area contributed by atoms with Gasteiger partial charge in [0, 0.05) is 13.1 Å². The van der Waals surface area contributed by atoms with Crippen LogP contribution in [0.2, 0.25) is 0 Å². The second-order valence-corrected chi connectivity index (χ2v) is 5.94. The number of carboxylic acid groups (broad SMARTS) is 1. The predicted molar refractivity (Wildman–Crippen MR) is 78.2 cm³/mol. The molecular formula is C15H28N2O3. The highest BCUT2D eigenvalue weighted by molar-refractivity contribution is 5.80. The minimum atomic E-state index is -0.780. The van der Waals surface area contributed by atoms with Gasteiger partial charge in [-0.15, -0.1) is 0 Å². The van der Waals surface area contributed by atoms with Crippen molar-refractivity contribution >= 4 is 11.9 Å². The van der Waals surface area contributed by atoms with Gasteiger partial charge in [0.25, 0.3) is 0 Å². The van der Waals surface area contributed by atoms with Crippen LogP contribution >= 0.6 is 0 Å². The van der Waals surface area contributed by atoms with Gasteiger partial charge in [-0.3, -0.25) is 9.59 Å². The summed E-state index contributed by atoms with van der Waals surface area (Å²) in [5.74, 6) is -1.07. The standard InChI is InChI=1S/C15H28N2O3/c1-2-7-12(10-16)13(18)17-11-15(14(19)20)8-5-3-4-6-9-15/h12H,2-11,16H2,1H3,(H,17,18)(H,19,20). The molecule has 20 heavy (non-hydrogen) atoms. The van der Waals surface area contributed by atoms with Crippen molar-refractivity contribution in [2.24, 2.45) is 17.1 Å². The number of rotatable bonds is 7. The van der Waals surface area contributed by atoms with Crippen molar-refractivity contribution in [1.82, 2.24) is 5.32 Å². The largest absolute Gasteiger partial charge is 0.481 e. The summed E-state index contributed by atoms with van der Waals surface area (Å²) < 4.78 is 0. The van der Waals surface area contributed by atoms with Gasteiger partial charge in [-0.1, -0.05) is 39.0 Å². The fraction of sp³-hybridized carbons (Fsp3) is 0.867. The monoisotopic (exact) mass is 284 g/mol. The van der Waals surface area contributed by atoms with Crippen molar-refractivity contribution in [1.29, 1.82) is 0 Å². The molecule has 5 nitrogen and oxygen atoms in total. The van der Waals surface area contributed by atoms with Gasteiger partial charge in [-0.25, -0.2) is 0 Å². The van der Waals surface area contributed by atoms with Gasteiger partial charge in [0.1, 0.15) is 0 Å². The normalized spacial score (nSPS) is 19.9. The Morgan fingerprint density at radius 2 is 1.85 bits per heavy atom. The SMILES string of the molecule is CCCC(CN)C(=O)NCC1(C(=O)O)CCCCCC1. The van der Waals surface area contributed by atoms with Crippen LogP contribution in [0, 0.1) is 11.3 Å². The first kappa shape index (κ1) is 17.0. The van der Waals surface area contributed by atoms with E-state index in [1.807, 2.05) is 6.92 Å². The van der Waals surface area contributed by atoms with Gasteiger partial charge in [0.2, 0.25) is 5.91 Å². The fourth-order valence-electron chi connectivity index (χ4n) is 2.98. The number of carboxylic acids is 1. The van der Waals surface area contributed by atoms with Crippen LogP contribution in [0.4, 0.5) is 0 Å². The number of carbonyl (C=O) groups is 2. The average molecular weight is 284 g/mol. The number of nitrogens with two attached hydrogens (primary N) is 1.